The Hall–Kier alpha value is -0.800. The number of carbonyl (C=O) groups excluding carboxylic acids is 1. The van der Waals surface area contributed by atoms with Crippen molar-refractivity contribution in [3.8, 4) is 0 Å². The van der Waals surface area contributed by atoms with Crippen molar-refractivity contribution < 1.29 is 9.18 Å². The van der Waals surface area contributed by atoms with Crippen LogP contribution in [0.2, 0.25) is 5.02 Å². The average molecular weight is 292 g/mol. The van der Waals surface area contributed by atoms with E-state index in [1.807, 2.05) is 13.8 Å². The molecule has 0 aliphatic carbocycles. The molecule has 18 heavy (non-hydrogen) atoms. The van der Waals surface area contributed by atoms with Crippen molar-refractivity contribution in [2.24, 2.45) is 0 Å². The molecule has 0 unspecified atom stereocenters. The van der Waals surface area contributed by atoms with Crippen LogP contribution in [0.5, 0.6) is 0 Å². The molecule has 100 valence electrons. The Morgan fingerprint density at radius 3 is 2.44 bits per heavy atom. The van der Waals surface area contributed by atoms with Gasteiger partial charge in [-0.25, -0.2) is 4.39 Å². The standard InChI is InChI=1S/C13H16Cl2FNO/c1-3-13(4-2,8-14)17-12(18)11-9(15)6-5-7-10(11)16/h5-7H,3-4,8H2,1-2H3,(H,17,18). The van der Waals surface area contributed by atoms with Gasteiger partial charge in [-0.05, 0) is 25.0 Å². The molecule has 0 fully saturated rings. The molecular weight excluding hydrogens is 276 g/mol. The molecule has 5 heteroatoms. The topological polar surface area (TPSA) is 29.1 Å². The summed E-state index contributed by atoms with van der Waals surface area (Å²) >= 11 is 11.7. The Morgan fingerprint density at radius 2 is 2.00 bits per heavy atom. The second kappa shape index (κ2) is 6.39. The lowest BCUT2D eigenvalue weighted by atomic mass is 9.94. The Balaban J connectivity index is 3.02. The molecule has 0 spiro atoms. The zero-order valence-electron chi connectivity index (χ0n) is 10.4. The SMILES string of the molecule is CCC(CC)(CCl)NC(=O)c1c(F)cccc1Cl. The minimum absolute atomic E-state index is 0.100. The Morgan fingerprint density at radius 1 is 1.39 bits per heavy atom. The molecule has 0 saturated carbocycles. The number of alkyl halides is 1. The minimum atomic E-state index is -0.629. The van der Waals surface area contributed by atoms with E-state index in [4.69, 9.17) is 23.2 Å². The fourth-order valence-corrected chi connectivity index (χ4v) is 2.36. The summed E-state index contributed by atoms with van der Waals surface area (Å²) in [7, 11) is 0. The number of rotatable bonds is 5. The van der Waals surface area contributed by atoms with Crippen molar-refractivity contribution in [2.45, 2.75) is 32.2 Å². The van der Waals surface area contributed by atoms with Gasteiger partial charge < -0.3 is 5.32 Å². The van der Waals surface area contributed by atoms with E-state index in [9.17, 15) is 9.18 Å². The average Bonchev–Trinajstić information content (AvgIpc) is 2.36. The molecular formula is C13H16Cl2FNO. The van der Waals surface area contributed by atoms with E-state index in [1.165, 1.54) is 18.2 Å². The first-order chi connectivity index (χ1) is 8.49. The minimum Gasteiger partial charge on any atom is -0.345 e. The van der Waals surface area contributed by atoms with Crippen molar-refractivity contribution in [1.82, 2.24) is 5.32 Å². The van der Waals surface area contributed by atoms with Crippen LogP contribution in [-0.4, -0.2) is 17.3 Å². The predicted molar refractivity (Wildman–Crippen MR) is 72.9 cm³/mol. The van der Waals surface area contributed by atoms with E-state index in [1.54, 1.807) is 0 Å². The van der Waals surface area contributed by atoms with Crippen molar-refractivity contribution in [2.75, 3.05) is 5.88 Å². The largest absolute Gasteiger partial charge is 0.345 e. The van der Waals surface area contributed by atoms with Crippen molar-refractivity contribution in [3.63, 3.8) is 0 Å². The summed E-state index contributed by atoms with van der Waals surface area (Å²) in [4.78, 5) is 12.1. The number of nitrogens with one attached hydrogen (secondary N) is 1. The number of hydrogen-bond donors (Lipinski definition) is 1. The lowest BCUT2D eigenvalue weighted by Crippen LogP contribution is -2.49. The van der Waals surface area contributed by atoms with E-state index in [-0.39, 0.29) is 16.5 Å². The second-order valence-corrected chi connectivity index (χ2v) is 4.85. The summed E-state index contributed by atoms with van der Waals surface area (Å²) in [5.74, 6) is -0.879. The van der Waals surface area contributed by atoms with Gasteiger partial charge in [0, 0.05) is 5.88 Å². The summed E-state index contributed by atoms with van der Waals surface area (Å²) in [6, 6.07) is 4.16. The van der Waals surface area contributed by atoms with Gasteiger partial charge in [0.15, 0.2) is 0 Å². The molecule has 0 aliphatic heterocycles. The Bertz CT molecular complexity index is 404. The molecule has 0 heterocycles. The molecule has 1 rings (SSSR count). The first-order valence-corrected chi connectivity index (χ1v) is 6.73. The molecule has 1 N–H and O–H groups in total. The zero-order valence-corrected chi connectivity index (χ0v) is 11.9. The van der Waals surface area contributed by atoms with Gasteiger partial charge in [-0.2, -0.15) is 0 Å². The maximum atomic E-state index is 13.6. The third-order valence-corrected chi connectivity index (χ3v) is 4.00. The Labute approximate surface area is 116 Å². The summed E-state index contributed by atoms with van der Waals surface area (Å²) in [5.41, 5.74) is -0.653. The van der Waals surface area contributed by atoms with Crippen molar-refractivity contribution in [1.29, 1.82) is 0 Å². The second-order valence-electron chi connectivity index (χ2n) is 4.17. The highest BCUT2D eigenvalue weighted by molar-refractivity contribution is 6.33. The van der Waals surface area contributed by atoms with Crippen LogP contribution in [0.25, 0.3) is 0 Å². The van der Waals surface area contributed by atoms with E-state index >= 15 is 0 Å². The van der Waals surface area contributed by atoms with Crippen LogP contribution in [0.1, 0.15) is 37.0 Å². The monoisotopic (exact) mass is 291 g/mol. The molecule has 0 aliphatic rings. The zero-order chi connectivity index (χ0) is 13.8. The van der Waals surface area contributed by atoms with Crippen LogP contribution in [0.3, 0.4) is 0 Å². The molecule has 2 nitrogen and oxygen atoms in total. The molecule has 0 bridgehead atoms. The van der Waals surface area contributed by atoms with Gasteiger partial charge >= 0.3 is 0 Å². The fraction of sp³-hybridized carbons (Fsp3) is 0.462. The summed E-state index contributed by atoms with van der Waals surface area (Å²) in [5, 5.41) is 2.88. The summed E-state index contributed by atoms with van der Waals surface area (Å²) in [6.45, 7) is 3.85. The number of carbonyl (C=O) groups is 1. The van der Waals surface area contributed by atoms with Gasteiger partial charge in [0.1, 0.15) is 5.82 Å². The van der Waals surface area contributed by atoms with Crippen LogP contribution in [0, 0.1) is 5.82 Å². The highest BCUT2D eigenvalue weighted by Gasteiger charge is 2.29. The lowest BCUT2D eigenvalue weighted by Gasteiger charge is -2.30. The van der Waals surface area contributed by atoms with Gasteiger partial charge in [0.2, 0.25) is 0 Å². The van der Waals surface area contributed by atoms with Gasteiger partial charge in [-0.15, -0.1) is 11.6 Å². The Kier molecular flexibility index (Phi) is 5.42. The van der Waals surface area contributed by atoms with E-state index in [0.29, 0.717) is 12.8 Å². The van der Waals surface area contributed by atoms with E-state index in [0.717, 1.165) is 0 Å². The molecule has 0 saturated heterocycles. The van der Waals surface area contributed by atoms with Crippen molar-refractivity contribution >= 4 is 29.1 Å². The first-order valence-electron chi connectivity index (χ1n) is 5.82. The molecule has 0 atom stereocenters. The van der Waals surface area contributed by atoms with Crippen LogP contribution in [0.4, 0.5) is 4.39 Å². The quantitative estimate of drug-likeness (QED) is 0.816. The van der Waals surface area contributed by atoms with E-state index < -0.39 is 17.3 Å². The van der Waals surface area contributed by atoms with Gasteiger partial charge in [-0.1, -0.05) is 31.5 Å². The number of halogens is 3. The normalized spacial score (nSPS) is 11.4. The predicted octanol–water partition coefficient (Wildman–Crippen LogP) is 4.01. The number of benzene rings is 1. The maximum Gasteiger partial charge on any atom is 0.256 e. The third-order valence-electron chi connectivity index (χ3n) is 3.18. The highest BCUT2D eigenvalue weighted by Crippen LogP contribution is 2.22. The molecule has 0 radical (unpaired) electrons. The van der Waals surface area contributed by atoms with Gasteiger partial charge in [0.25, 0.3) is 5.91 Å². The maximum absolute atomic E-state index is 13.6. The summed E-state index contributed by atoms with van der Waals surface area (Å²) < 4.78 is 13.6. The number of hydrogen-bond acceptors (Lipinski definition) is 1. The lowest BCUT2D eigenvalue weighted by molar-refractivity contribution is 0.0898. The molecule has 0 aromatic heterocycles. The van der Waals surface area contributed by atoms with Gasteiger partial charge in [0.05, 0.1) is 16.1 Å². The molecule has 1 aromatic rings. The third kappa shape index (κ3) is 3.15. The van der Waals surface area contributed by atoms with Gasteiger partial charge in [-0.3, -0.25) is 4.79 Å². The first kappa shape index (κ1) is 15.3. The number of amides is 1. The highest BCUT2D eigenvalue weighted by atomic mass is 35.5. The van der Waals surface area contributed by atoms with E-state index in [2.05, 4.69) is 5.32 Å². The van der Waals surface area contributed by atoms with Crippen molar-refractivity contribution in [3.05, 3.63) is 34.6 Å². The van der Waals surface area contributed by atoms with Crippen LogP contribution in [-0.2, 0) is 0 Å². The molecule has 1 amide bonds. The fourth-order valence-electron chi connectivity index (χ4n) is 1.67. The van der Waals surface area contributed by atoms with Crippen LogP contribution >= 0.6 is 23.2 Å². The van der Waals surface area contributed by atoms with Crippen LogP contribution in [0.15, 0.2) is 18.2 Å². The van der Waals surface area contributed by atoms with Crippen LogP contribution < -0.4 is 5.32 Å². The smallest absolute Gasteiger partial charge is 0.256 e. The molecule has 1 aromatic carbocycles. The summed E-state index contributed by atoms with van der Waals surface area (Å²) in [6.07, 6.45) is 1.34.